The number of halogens is 1. The highest BCUT2D eigenvalue weighted by Crippen LogP contribution is 2.23. The summed E-state index contributed by atoms with van der Waals surface area (Å²) >= 11 is 0. The van der Waals surface area contributed by atoms with Gasteiger partial charge in [-0.15, -0.1) is 0 Å². The minimum atomic E-state index is -0.828. The SMILES string of the molecule is CN(C)CC(C)(O)CNCc1cn[nH]c1-c1ccccc1F. The summed E-state index contributed by atoms with van der Waals surface area (Å²) < 4.78 is 13.9. The molecule has 0 amide bonds. The average molecular weight is 306 g/mol. The molecule has 0 aliphatic carbocycles. The van der Waals surface area contributed by atoms with Crippen molar-refractivity contribution in [1.29, 1.82) is 0 Å². The van der Waals surface area contributed by atoms with Crippen LogP contribution in [-0.2, 0) is 6.54 Å². The van der Waals surface area contributed by atoms with Crippen molar-refractivity contribution in [3.63, 3.8) is 0 Å². The van der Waals surface area contributed by atoms with Crippen molar-refractivity contribution >= 4 is 0 Å². The highest BCUT2D eigenvalue weighted by atomic mass is 19.1. The molecule has 0 fully saturated rings. The summed E-state index contributed by atoms with van der Waals surface area (Å²) in [6.45, 7) is 3.29. The standard InChI is InChI=1S/C16H23FN4O/c1-16(22,11-21(2)3)10-18-8-12-9-19-20-15(12)13-6-4-5-7-14(13)17/h4-7,9,18,22H,8,10-11H2,1-3H3,(H,19,20). The van der Waals surface area contributed by atoms with Crippen LogP contribution in [0.1, 0.15) is 12.5 Å². The summed E-state index contributed by atoms with van der Waals surface area (Å²) in [5.74, 6) is -0.285. The summed E-state index contributed by atoms with van der Waals surface area (Å²) in [5, 5.41) is 20.3. The van der Waals surface area contributed by atoms with Gasteiger partial charge >= 0.3 is 0 Å². The maximum Gasteiger partial charge on any atom is 0.132 e. The van der Waals surface area contributed by atoms with Gasteiger partial charge in [-0.3, -0.25) is 5.10 Å². The molecular weight excluding hydrogens is 283 g/mol. The molecule has 1 aromatic heterocycles. The number of nitrogens with zero attached hydrogens (tertiary/aromatic N) is 2. The molecule has 2 rings (SSSR count). The van der Waals surface area contributed by atoms with Gasteiger partial charge in [0.1, 0.15) is 5.82 Å². The highest BCUT2D eigenvalue weighted by molar-refractivity contribution is 5.63. The van der Waals surface area contributed by atoms with Gasteiger partial charge in [-0.05, 0) is 33.2 Å². The van der Waals surface area contributed by atoms with E-state index in [2.05, 4.69) is 15.5 Å². The minimum Gasteiger partial charge on any atom is -0.388 e. The molecule has 0 bridgehead atoms. The van der Waals surface area contributed by atoms with E-state index in [0.717, 1.165) is 5.56 Å². The number of nitrogens with one attached hydrogen (secondary N) is 2. The maximum atomic E-state index is 13.9. The van der Waals surface area contributed by atoms with Crippen molar-refractivity contribution in [3.05, 3.63) is 41.8 Å². The van der Waals surface area contributed by atoms with Crippen LogP contribution < -0.4 is 5.32 Å². The third-order valence-corrected chi connectivity index (χ3v) is 3.34. The van der Waals surface area contributed by atoms with Crippen molar-refractivity contribution < 1.29 is 9.50 Å². The van der Waals surface area contributed by atoms with E-state index in [4.69, 9.17) is 0 Å². The molecule has 3 N–H and O–H groups in total. The van der Waals surface area contributed by atoms with E-state index in [0.29, 0.717) is 30.9 Å². The molecule has 6 heteroatoms. The normalized spacial score (nSPS) is 14.3. The first-order valence-corrected chi connectivity index (χ1v) is 7.24. The van der Waals surface area contributed by atoms with Crippen molar-refractivity contribution in [3.8, 4) is 11.3 Å². The first kappa shape index (κ1) is 16.6. The van der Waals surface area contributed by atoms with Crippen molar-refractivity contribution in [2.24, 2.45) is 0 Å². The molecule has 1 aromatic carbocycles. The van der Waals surface area contributed by atoms with E-state index >= 15 is 0 Å². The Morgan fingerprint density at radius 3 is 2.77 bits per heavy atom. The van der Waals surface area contributed by atoms with Crippen LogP contribution in [0.25, 0.3) is 11.3 Å². The molecule has 2 aromatic rings. The summed E-state index contributed by atoms with van der Waals surface area (Å²) in [4.78, 5) is 1.93. The lowest BCUT2D eigenvalue weighted by atomic mass is 10.1. The summed E-state index contributed by atoms with van der Waals surface area (Å²) in [7, 11) is 3.83. The van der Waals surface area contributed by atoms with Gasteiger partial charge in [0.2, 0.25) is 0 Å². The van der Waals surface area contributed by atoms with Crippen LogP contribution in [0.3, 0.4) is 0 Å². The van der Waals surface area contributed by atoms with Gasteiger partial charge < -0.3 is 15.3 Å². The molecule has 22 heavy (non-hydrogen) atoms. The zero-order valence-electron chi connectivity index (χ0n) is 13.2. The molecule has 0 saturated carbocycles. The van der Waals surface area contributed by atoms with Crippen LogP contribution in [-0.4, -0.2) is 53.0 Å². The molecule has 0 aliphatic heterocycles. The van der Waals surface area contributed by atoms with Gasteiger partial charge in [0.05, 0.1) is 17.5 Å². The van der Waals surface area contributed by atoms with Crippen LogP contribution in [0, 0.1) is 5.82 Å². The van der Waals surface area contributed by atoms with Gasteiger partial charge in [0, 0.05) is 30.8 Å². The number of benzene rings is 1. The van der Waals surface area contributed by atoms with Crippen LogP contribution in [0.15, 0.2) is 30.5 Å². The Balaban J connectivity index is 2.01. The second-order valence-electron chi connectivity index (χ2n) is 6.09. The number of H-pyrrole nitrogens is 1. The Morgan fingerprint density at radius 1 is 1.36 bits per heavy atom. The van der Waals surface area contributed by atoms with E-state index in [1.165, 1.54) is 6.07 Å². The molecule has 0 saturated heterocycles. The number of aromatic nitrogens is 2. The molecule has 0 spiro atoms. The lowest BCUT2D eigenvalue weighted by Crippen LogP contribution is -2.45. The summed E-state index contributed by atoms with van der Waals surface area (Å²) in [5.41, 5.74) is 1.20. The molecule has 1 unspecified atom stereocenters. The second-order valence-corrected chi connectivity index (χ2v) is 6.09. The van der Waals surface area contributed by atoms with Crippen LogP contribution in [0.5, 0.6) is 0 Å². The molecule has 0 aliphatic rings. The number of rotatable bonds is 7. The topological polar surface area (TPSA) is 64.2 Å². The van der Waals surface area contributed by atoms with Crippen molar-refractivity contribution in [2.45, 2.75) is 19.1 Å². The number of aromatic amines is 1. The Morgan fingerprint density at radius 2 is 2.09 bits per heavy atom. The van der Waals surface area contributed by atoms with Crippen molar-refractivity contribution in [2.75, 3.05) is 27.2 Å². The predicted octanol–water partition coefficient (Wildman–Crippen LogP) is 1.62. The molecule has 120 valence electrons. The molecule has 1 atom stereocenters. The lowest BCUT2D eigenvalue weighted by molar-refractivity contribution is 0.0336. The van der Waals surface area contributed by atoms with E-state index in [1.54, 1.807) is 31.3 Å². The van der Waals surface area contributed by atoms with Crippen molar-refractivity contribution in [1.82, 2.24) is 20.4 Å². The van der Waals surface area contributed by atoms with E-state index in [-0.39, 0.29) is 5.82 Å². The number of hydrogen-bond donors (Lipinski definition) is 3. The van der Waals surface area contributed by atoms with Crippen LogP contribution in [0.2, 0.25) is 0 Å². The zero-order valence-corrected chi connectivity index (χ0v) is 13.2. The van der Waals surface area contributed by atoms with Gasteiger partial charge in [-0.25, -0.2) is 4.39 Å². The van der Waals surface area contributed by atoms with E-state index in [1.807, 2.05) is 19.0 Å². The fraction of sp³-hybridized carbons (Fsp3) is 0.438. The number of likely N-dealkylation sites (N-methyl/N-ethyl adjacent to an activating group) is 1. The van der Waals surface area contributed by atoms with Gasteiger partial charge in [-0.2, -0.15) is 5.10 Å². The summed E-state index contributed by atoms with van der Waals surface area (Å²) in [6.07, 6.45) is 1.68. The van der Waals surface area contributed by atoms with Crippen LogP contribution >= 0.6 is 0 Å². The molecule has 1 heterocycles. The van der Waals surface area contributed by atoms with Crippen LogP contribution in [0.4, 0.5) is 4.39 Å². The maximum absolute atomic E-state index is 13.9. The third kappa shape index (κ3) is 4.37. The average Bonchev–Trinajstić information content (AvgIpc) is 2.85. The summed E-state index contributed by atoms with van der Waals surface area (Å²) in [6, 6.07) is 6.59. The first-order chi connectivity index (χ1) is 10.4. The zero-order chi connectivity index (χ0) is 16.2. The Labute approximate surface area is 130 Å². The highest BCUT2D eigenvalue weighted by Gasteiger charge is 2.21. The van der Waals surface area contributed by atoms with E-state index in [9.17, 15) is 9.50 Å². The van der Waals surface area contributed by atoms with Gasteiger partial charge in [-0.1, -0.05) is 12.1 Å². The predicted molar refractivity (Wildman–Crippen MR) is 84.9 cm³/mol. The molecule has 0 radical (unpaired) electrons. The Kier molecular flexibility index (Phi) is 5.28. The Hall–Kier alpha value is -1.76. The number of aliphatic hydroxyl groups is 1. The smallest absolute Gasteiger partial charge is 0.132 e. The second kappa shape index (κ2) is 7.00. The van der Waals surface area contributed by atoms with Gasteiger partial charge in [0.25, 0.3) is 0 Å². The quantitative estimate of drug-likeness (QED) is 0.727. The minimum absolute atomic E-state index is 0.285. The third-order valence-electron chi connectivity index (χ3n) is 3.34. The Bertz CT molecular complexity index is 610. The fourth-order valence-corrected chi connectivity index (χ4v) is 2.55. The molecule has 5 nitrogen and oxygen atoms in total. The monoisotopic (exact) mass is 306 g/mol. The first-order valence-electron chi connectivity index (χ1n) is 7.24. The number of hydrogen-bond acceptors (Lipinski definition) is 4. The molecular formula is C16H23FN4O. The lowest BCUT2D eigenvalue weighted by Gasteiger charge is -2.27. The van der Waals surface area contributed by atoms with E-state index < -0.39 is 5.60 Å². The largest absolute Gasteiger partial charge is 0.388 e. The van der Waals surface area contributed by atoms with Gasteiger partial charge in [0.15, 0.2) is 0 Å². The fourth-order valence-electron chi connectivity index (χ4n) is 2.55.